The number of thioether (sulfide) groups is 1. The first-order chi connectivity index (χ1) is 4.55. The molecule has 0 aromatic heterocycles. The largest absolute Gasteiger partial charge is 0.339 e. The minimum absolute atomic E-state index is 0.284. The second-order valence-electron chi connectivity index (χ2n) is 1.54. The van der Waals surface area contributed by atoms with Crippen LogP contribution in [0, 0.1) is 0 Å². The summed E-state index contributed by atoms with van der Waals surface area (Å²) >= 11 is 15.5. The Kier molecular flexibility index (Phi) is 2.55. The molecule has 2 nitrogen and oxygen atoms in total. The van der Waals surface area contributed by atoms with Crippen LogP contribution in [0.15, 0.2) is 10.1 Å². The third kappa shape index (κ3) is 1.81. The number of hydrogen-bond donors (Lipinski definition) is 1. The van der Waals surface area contributed by atoms with Crippen LogP contribution in [0.25, 0.3) is 0 Å². The van der Waals surface area contributed by atoms with Gasteiger partial charge < -0.3 is 5.32 Å². The molecule has 1 heterocycles. The van der Waals surface area contributed by atoms with Crippen LogP contribution >= 0.6 is 50.9 Å². The molecule has 0 spiro atoms. The van der Waals surface area contributed by atoms with Gasteiger partial charge in [-0.05, 0) is 15.9 Å². The van der Waals surface area contributed by atoms with Crippen LogP contribution < -0.4 is 5.32 Å². The Morgan fingerprint density at radius 2 is 2.40 bits per heavy atom. The standard InChI is InChI=1S/C4H2BrCl2NOS/c5-4(7)8-3(6)2(1-9)10-4/h1,8H. The SMILES string of the molecule is O=CC1=C(Cl)NC(Cl)(Br)S1. The molecule has 56 valence electrons. The first-order valence-electron chi connectivity index (χ1n) is 2.25. The van der Waals surface area contributed by atoms with E-state index in [-0.39, 0.29) is 5.16 Å². The van der Waals surface area contributed by atoms with Crippen molar-refractivity contribution < 1.29 is 4.79 Å². The highest BCUT2D eigenvalue weighted by Gasteiger charge is 2.34. The Morgan fingerprint density at radius 3 is 2.60 bits per heavy atom. The van der Waals surface area contributed by atoms with E-state index < -0.39 is 3.24 Å². The Morgan fingerprint density at radius 1 is 1.80 bits per heavy atom. The van der Waals surface area contributed by atoms with E-state index in [0.717, 1.165) is 11.8 Å². The molecule has 6 heteroatoms. The summed E-state index contributed by atoms with van der Waals surface area (Å²) in [5.74, 6) is 0. The number of carbonyl (C=O) groups is 1. The number of aldehydes is 1. The molecule has 0 aromatic rings. The van der Waals surface area contributed by atoms with E-state index in [1.165, 1.54) is 0 Å². The van der Waals surface area contributed by atoms with Gasteiger partial charge in [0.25, 0.3) is 0 Å². The summed E-state index contributed by atoms with van der Waals surface area (Å²) in [6, 6.07) is 0. The van der Waals surface area contributed by atoms with Crippen molar-refractivity contribution in [1.29, 1.82) is 0 Å². The molecule has 0 amide bonds. The summed E-state index contributed by atoms with van der Waals surface area (Å²) in [6.07, 6.45) is 0.658. The predicted molar refractivity (Wildman–Crippen MR) is 47.2 cm³/mol. The summed E-state index contributed by atoms with van der Waals surface area (Å²) in [5.41, 5.74) is 0. The molecule has 0 saturated heterocycles. The van der Waals surface area contributed by atoms with Crippen LogP contribution in [0.3, 0.4) is 0 Å². The Bertz CT molecular complexity index is 205. The molecule has 0 bridgehead atoms. The van der Waals surface area contributed by atoms with Crippen LogP contribution in [0.1, 0.15) is 0 Å². The fraction of sp³-hybridized carbons (Fsp3) is 0.250. The lowest BCUT2D eigenvalue weighted by Crippen LogP contribution is -2.21. The van der Waals surface area contributed by atoms with Gasteiger partial charge in [0.2, 0.25) is 3.24 Å². The lowest BCUT2D eigenvalue weighted by atomic mass is 10.7. The van der Waals surface area contributed by atoms with Gasteiger partial charge in [-0.2, -0.15) is 0 Å². The molecule has 1 aliphatic rings. The van der Waals surface area contributed by atoms with Gasteiger partial charge in [0.15, 0.2) is 6.29 Å². The maximum Gasteiger partial charge on any atom is 0.221 e. The molecule has 1 rings (SSSR count). The average Bonchev–Trinajstić information content (AvgIpc) is 2.05. The molecule has 0 radical (unpaired) electrons. The molecular weight excluding hydrogens is 261 g/mol. The number of rotatable bonds is 1. The molecule has 1 aliphatic heterocycles. The Hall–Kier alpha value is 0.620. The van der Waals surface area contributed by atoms with E-state index >= 15 is 0 Å². The smallest absolute Gasteiger partial charge is 0.221 e. The monoisotopic (exact) mass is 261 g/mol. The molecule has 0 fully saturated rings. The first kappa shape index (κ1) is 8.71. The highest BCUT2D eigenvalue weighted by atomic mass is 79.9. The Balaban J connectivity index is 2.77. The average molecular weight is 263 g/mol. The van der Waals surface area contributed by atoms with Crippen molar-refractivity contribution in [2.24, 2.45) is 0 Å². The molecule has 0 aromatic carbocycles. The summed E-state index contributed by atoms with van der Waals surface area (Å²) in [7, 11) is 0. The number of hydrogen-bond acceptors (Lipinski definition) is 3. The van der Waals surface area contributed by atoms with Gasteiger partial charge in [0.05, 0.1) is 4.91 Å². The second kappa shape index (κ2) is 2.93. The maximum atomic E-state index is 10.2. The number of halogens is 3. The van der Waals surface area contributed by atoms with Crippen LogP contribution in [-0.2, 0) is 4.79 Å². The number of allylic oxidation sites excluding steroid dienone is 1. The van der Waals surface area contributed by atoms with Crippen LogP contribution in [0.4, 0.5) is 0 Å². The van der Waals surface area contributed by atoms with Gasteiger partial charge in [-0.3, -0.25) is 4.79 Å². The maximum absolute atomic E-state index is 10.2. The zero-order valence-corrected chi connectivity index (χ0v) is 8.44. The lowest BCUT2D eigenvalue weighted by molar-refractivity contribution is -0.104. The van der Waals surface area contributed by atoms with Crippen molar-refractivity contribution in [3.63, 3.8) is 0 Å². The van der Waals surface area contributed by atoms with E-state index in [2.05, 4.69) is 21.2 Å². The highest BCUT2D eigenvalue weighted by molar-refractivity contribution is 9.12. The van der Waals surface area contributed by atoms with Crippen LogP contribution in [0.2, 0.25) is 0 Å². The zero-order chi connectivity index (χ0) is 7.78. The van der Waals surface area contributed by atoms with Gasteiger partial charge in [-0.15, -0.1) is 0 Å². The molecule has 10 heavy (non-hydrogen) atoms. The normalized spacial score (nSPS) is 32.3. The topological polar surface area (TPSA) is 29.1 Å². The molecule has 1 atom stereocenters. The van der Waals surface area contributed by atoms with Crippen molar-refractivity contribution in [1.82, 2.24) is 5.32 Å². The van der Waals surface area contributed by atoms with E-state index in [9.17, 15) is 4.79 Å². The summed E-state index contributed by atoms with van der Waals surface area (Å²) in [4.78, 5) is 10.6. The van der Waals surface area contributed by atoms with E-state index in [0.29, 0.717) is 11.2 Å². The molecule has 0 saturated carbocycles. The van der Waals surface area contributed by atoms with Crippen LogP contribution in [0.5, 0.6) is 0 Å². The molecular formula is C4H2BrCl2NOS. The van der Waals surface area contributed by atoms with E-state index in [1.54, 1.807) is 0 Å². The summed E-state index contributed by atoms with van der Waals surface area (Å²) in [6.45, 7) is 0. The van der Waals surface area contributed by atoms with Crippen molar-refractivity contribution in [2.45, 2.75) is 3.24 Å². The van der Waals surface area contributed by atoms with Crippen molar-refractivity contribution in [3.8, 4) is 0 Å². The third-order valence-corrected chi connectivity index (χ3v) is 3.12. The third-order valence-electron chi connectivity index (χ3n) is 0.817. The van der Waals surface area contributed by atoms with Gasteiger partial charge in [-0.25, -0.2) is 0 Å². The van der Waals surface area contributed by atoms with E-state index in [1.807, 2.05) is 0 Å². The van der Waals surface area contributed by atoms with Crippen LogP contribution in [-0.4, -0.2) is 9.53 Å². The first-order valence-corrected chi connectivity index (χ1v) is 4.61. The lowest BCUT2D eigenvalue weighted by Gasteiger charge is -2.11. The molecule has 1 N–H and O–H groups in total. The van der Waals surface area contributed by atoms with Gasteiger partial charge in [0.1, 0.15) is 5.16 Å². The molecule has 1 unspecified atom stereocenters. The number of alkyl halides is 2. The van der Waals surface area contributed by atoms with Gasteiger partial charge in [0, 0.05) is 0 Å². The minimum atomic E-state index is -0.847. The van der Waals surface area contributed by atoms with Crippen molar-refractivity contribution >= 4 is 57.2 Å². The van der Waals surface area contributed by atoms with Gasteiger partial charge >= 0.3 is 0 Å². The highest BCUT2D eigenvalue weighted by Crippen LogP contribution is 2.45. The summed E-state index contributed by atoms with van der Waals surface area (Å²) in [5, 5.41) is 2.94. The van der Waals surface area contributed by atoms with Gasteiger partial charge in [-0.1, -0.05) is 35.0 Å². The molecule has 0 aliphatic carbocycles. The number of carbonyl (C=O) groups excluding carboxylic acids is 1. The van der Waals surface area contributed by atoms with E-state index in [4.69, 9.17) is 23.2 Å². The summed E-state index contributed by atoms with van der Waals surface area (Å²) < 4.78 is -0.847. The zero-order valence-electron chi connectivity index (χ0n) is 4.53. The fourth-order valence-electron chi connectivity index (χ4n) is 0.474. The Labute approximate surface area is 80.4 Å². The number of nitrogens with one attached hydrogen (secondary N) is 1. The van der Waals surface area contributed by atoms with Crippen molar-refractivity contribution in [3.05, 3.63) is 10.1 Å². The minimum Gasteiger partial charge on any atom is -0.339 e. The predicted octanol–water partition coefficient (Wildman–Crippen LogP) is 2.17. The fourth-order valence-corrected chi connectivity index (χ4v) is 2.68. The second-order valence-corrected chi connectivity index (χ2v) is 6.14. The quantitative estimate of drug-likeness (QED) is 0.446. The van der Waals surface area contributed by atoms with Crippen molar-refractivity contribution in [2.75, 3.05) is 0 Å².